The maximum Gasteiger partial charge on any atom is 0.119 e. The van der Waals surface area contributed by atoms with E-state index >= 15 is 0 Å². The zero-order valence-corrected chi connectivity index (χ0v) is 10.3. The van der Waals surface area contributed by atoms with Crippen LogP contribution in [0.3, 0.4) is 0 Å². The summed E-state index contributed by atoms with van der Waals surface area (Å²) in [6, 6.07) is 0. The van der Waals surface area contributed by atoms with Gasteiger partial charge in [0.05, 0.1) is 6.61 Å². The average molecular weight is 229 g/mol. The Bertz CT molecular complexity index is 265. The second-order valence-electron chi connectivity index (χ2n) is 3.31. The zero-order valence-electron chi connectivity index (χ0n) is 9.45. The summed E-state index contributed by atoms with van der Waals surface area (Å²) in [5, 5.41) is 13.5. The van der Waals surface area contributed by atoms with Gasteiger partial charge in [-0.15, -0.1) is 21.5 Å². The predicted octanol–water partition coefficient (Wildman–Crippen LogP) is 1.27. The molecule has 0 fully saturated rings. The summed E-state index contributed by atoms with van der Waals surface area (Å²) < 4.78 is 5.40. The van der Waals surface area contributed by atoms with Crippen LogP contribution in [0.4, 0.5) is 0 Å². The van der Waals surface area contributed by atoms with Gasteiger partial charge in [-0.05, 0) is 13.5 Å². The molecular formula is C10H19N3OS. The molecule has 0 amide bonds. The minimum Gasteiger partial charge on any atom is -0.381 e. The van der Waals surface area contributed by atoms with Crippen LogP contribution in [0, 0.1) is 0 Å². The van der Waals surface area contributed by atoms with Crippen molar-refractivity contribution in [3.63, 3.8) is 0 Å². The number of hydrogen-bond acceptors (Lipinski definition) is 5. The Labute approximate surface area is 95.1 Å². The van der Waals surface area contributed by atoms with Gasteiger partial charge in [0.15, 0.2) is 0 Å². The van der Waals surface area contributed by atoms with E-state index in [1.807, 2.05) is 7.05 Å². The highest BCUT2D eigenvalue weighted by Gasteiger charge is 2.03. The van der Waals surface area contributed by atoms with Crippen LogP contribution in [0.25, 0.3) is 0 Å². The SMILES string of the molecule is CCCOCCc1nnc(CCNC)s1. The smallest absolute Gasteiger partial charge is 0.119 e. The molecule has 0 aromatic carbocycles. The largest absolute Gasteiger partial charge is 0.381 e. The Morgan fingerprint density at radius 1 is 1.20 bits per heavy atom. The molecule has 1 rings (SSSR count). The number of ether oxygens (including phenoxy) is 1. The van der Waals surface area contributed by atoms with Crippen molar-refractivity contribution in [1.29, 1.82) is 0 Å². The Morgan fingerprint density at radius 2 is 1.93 bits per heavy atom. The first-order valence-electron chi connectivity index (χ1n) is 5.40. The van der Waals surface area contributed by atoms with Crippen LogP contribution in [0.1, 0.15) is 23.4 Å². The third kappa shape index (κ3) is 5.20. The Balaban J connectivity index is 2.20. The van der Waals surface area contributed by atoms with E-state index in [1.165, 1.54) is 0 Å². The van der Waals surface area contributed by atoms with Gasteiger partial charge in [-0.3, -0.25) is 0 Å². The molecule has 0 spiro atoms. The number of likely N-dealkylation sites (N-methyl/N-ethyl adjacent to an activating group) is 1. The quantitative estimate of drug-likeness (QED) is 0.682. The van der Waals surface area contributed by atoms with E-state index in [1.54, 1.807) is 11.3 Å². The Hall–Kier alpha value is -0.520. The number of aromatic nitrogens is 2. The van der Waals surface area contributed by atoms with Gasteiger partial charge >= 0.3 is 0 Å². The molecule has 0 aliphatic rings. The molecule has 0 atom stereocenters. The predicted molar refractivity (Wildman–Crippen MR) is 62.4 cm³/mol. The van der Waals surface area contributed by atoms with Crippen LogP contribution in [0.5, 0.6) is 0 Å². The second kappa shape index (κ2) is 7.73. The summed E-state index contributed by atoms with van der Waals surface area (Å²) in [5.74, 6) is 0. The van der Waals surface area contributed by atoms with Crippen LogP contribution in [-0.4, -0.2) is 37.0 Å². The van der Waals surface area contributed by atoms with Crippen molar-refractivity contribution in [2.75, 3.05) is 26.8 Å². The molecule has 0 radical (unpaired) electrons. The van der Waals surface area contributed by atoms with Gasteiger partial charge in [0, 0.05) is 26.0 Å². The monoisotopic (exact) mass is 229 g/mol. The molecule has 1 aromatic rings. The van der Waals surface area contributed by atoms with E-state index in [0.29, 0.717) is 0 Å². The molecule has 1 aromatic heterocycles. The lowest BCUT2D eigenvalue weighted by molar-refractivity contribution is 0.138. The summed E-state index contributed by atoms with van der Waals surface area (Å²) in [4.78, 5) is 0. The van der Waals surface area contributed by atoms with Crippen LogP contribution in [0.15, 0.2) is 0 Å². The first kappa shape index (κ1) is 12.5. The number of rotatable bonds is 8. The lowest BCUT2D eigenvalue weighted by Crippen LogP contribution is -2.09. The normalized spacial score (nSPS) is 10.8. The van der Waals surface area contributed by atoms with Crippen molar-refractivity contribution in [2.45, 2.75) is 26.2 Å². The average Bonchev–Trinajstić information content (AvgIpc) is 2.69. The molecule has 1 heterocycles. The molecule has 1 N–H and O–H groups in total. The fraction of sp³-hybridized carbons (Fsp3) is 0.800. The van der Waals surface area contributed by atoms with E-state index in [4.69, 9.17) is 4.74 Å². The summed E-state index contributed by atoms with van der Waals surface area (Å²) in [5.41, 5.74) is 0. The van der Waals surface area contributed by atoms with E-state index in [0.717, 1.165) is 49.0 Å². The third-order valence-corrected chi connectivity index (χ3v) is 2.95. The first-order chi connectivity index (χ1) is 7.36. The lowest BCUT2D eigenvalue weighted by Gasteiger charge is -1.98. The fourth-order valence-electron chi connectivity index (χ4n) is 1.13. The Morgan fingerprint density at radius 3 is 2.60 bits per heavy atom. The maximum absolute atomic E-state index is 5.40. The number of nitrogens with one attached hydrogen (secondary N) is 1. The molecule has 0 aliphatic carbocycles. The summed E-state index contributed by atoms with van der Waals surface area (Å²) in [7, 11) is 1.94. The van der Waals surface area contributed by atoms with Crippen molar-refractivity contribution in [3.8, 4) is 0 Å². The highest BCUT2D eigenvalue weighted by molar-refractivity contribution is 7.11. The van der Waals surface area contributed by atoms with Gasteiger partial charge in [0.25, 0.3) is 0 Å². The summed E-state index contributed by atoms with van der Waals surface area (Å²) >= 11 is 1.69. The highest BCUT2D eigenvalue weighted by atomic mass is 32.1. The molecule has 0 bridgehead atoms. The standard InChI is InChI=1S/C10H19N3OS/c1-3-7-14-8-5-10-13-12-9(15-10)4-6-11-2/h11H,3-8H2,1-2H3. The molecule has 86 valence electrons. The summed E-state index contributed by atoms with van der Waals surface area (Å²) in [6.07, 6.45) is 2.92. The van der Waals surface area contributed by atoms with Gasteiger partial charge in [-0.1, -0.05) is 6.92 Å². The molecule has 0 saturated heterocycles. The molecule has 5 heteroatoms. The summed E-state index contributed by atoms with van der Waals surface area (Å²) in [6.45, 7) is 4.67. The van der Waals surface area contributed by atoms with Crippen LogP contribution in [0.2, 0.25) is 0 Å². The van der Waals surface area contributed by atoms with Crippen molar-refractivity contribution in [3.05, 3.63) is 10.0 Å². The molecule has 15 heavy (non-hydrogen) atoms. The van der Waals surface area contributed by atoms with Gasteiger partial charge in [-0.2, -0.15) is 0 Å². The topological polar surface area (TPSA) is 47.0 Å². The minimum absolute atomic E-state index is 0.758. The van der Waals surface area contributed by atoms with Gasteiger partial charge in [-0.25, -0.2) is 0 Å². The van der Waals surface area contributed by atoms with Crippen LogP contribution < -0.4 is 5.32 Å². The fourth-order valence-corrected chi connectivity index (χ4v) is 1.95. The van der Waals surface area contributed by atoms with Gasteiger partial charge in [0.2, 0.25) is 0 Å². The van der Waals surface area contributed by atoms with Crippen molar-refractivity contribution < 1.29 is 4.74 Å². The van der Waals surface area contributed by atoms with Crippen molar-refractivity contribution >= 4 is 11.3 Å². The highest BCUT2D eigenvalue weighted by Crippen LogP contribution is 2.10. The van der Waals surface area contributed by atoms with E-state index in [9.17, 15) is 0 Å². The minimum atomic E-state index is 0.758. The molecule has 4 nitrogen and oxygen atoms in total. The van der Waals surface area contributed by atoms with E-state index < -0.39 is 0 Å². The van der Waals surface area contributed by atoms with E-state index in [2.05, 4.69) is 22.4 Å². The molecule has 0 aliphatic heterocycles. The first-order valence-corrected chi connectivity index (χ1v) is 6.22. The maximum atomic E-state index is 5.40. The zero-order chi connectivity index (χ0) is 10.9. The molecule has 0 saturated carbocycles. The van der Waals surface area contributed by atoms with Crippen LogP contribution >= 0.6 is 11.3 Å². The number of nitrogens with zero attached hydrogens (tertiary/aromatic N) is 2. The van der Waals surface area contributed by atoms with Gasteiger partial charge < -0.3 is 10.1 Å². The van der Waals surface area contributed by atoms with Crippen molar-refractivity contribution in [2.24, 2.45) is 0 Å². The second-order valence-corrected chi connectivity index (χ2v) is 4.45. The van der Waals surface area contributed by atoms with Crippen molar-refractivity contribution in [1.82, 2.24) is 15.5 Å². The molecule has 0 unspecified atom stereocenters. The van der Waals surface area contributed by atoms with Crippen LogP contribution in [-0.2, 0) is 17.6 Å². The third-order valence-electron chi connectivity index (χ3n) is 1.91. The Kier molecular flexibility index (Phi) is 6.47. The van der Waals surface area contributed by atoms with E-state index in [-0.39, 0.29) is 0 Å². The number of hydrogen-bond donors (Lipinski definition) is 1. The van der Waals surface area contributed by atoms with Gasteiger partial charge in [0.1, 0.15) is 10.0 Å². The molecular weight excluding hydrogens is 210 g/mol. The lowest BCUT2D eigenvalue weighted by atomic mass is 10.4.